The molecule has 0 amide bonds. The zero-order chi connectivity index (χ0) is 13.2. The first-order valence-electron chi connectivity index (χ1n) is 5.24. The minimum Gasteiger partial charge on any atom is -0.411 e. The monoisotopic (exact) mass is 314 g/mol. The third-order valence-electron chi connectivity index (χ3n) is 0.782. The van der Waals surface area contributed by atoms with E-state index in [4.69, 9.17) is 5.21 Å². The first-order valence-corrected chi connectivity index (χ1v) is 5.24. The van der Waals surface area contributed by atoms with E-state index in [0.29, 0.717) is 0 Å². The van der Waals surface area contributed by atoms with Gasteiger partial charge in [0.1, 0.15) is 5.78 Å². The molecule has 3 nitrogen and oxygen atoms in total. The molecule has 0 aliphatic carbocycles. The summed E-state index contributed by atoms with van der Waals surface area (Å²) in [5, 5.41) is 10.1. The number of Topliss-reactive ketones (excluding diaryl/α,β-unsaturated/α-hetero) is 1. The summed E-state index contributed by atoms with van der Waals surface area (Å²) in [5.41, 5.74) is 0. The van der Waals surface area contributed by atoms with Crippen molar-refractivity contribution in [2.75, 3.05) is 0 Å². The summed E-state index contributed by atoms with van der Waals surface area (Å²) in [4.78, 5) is 9.44. The Morgan fingerprint density at radius 3 is 1.18 bits per heavy atom. The molecule has 0 heterocycles. The van der Waals surface area contributed by atoms with Crippen LogP contribution in [0.4, 0.5) is 0 Å². The Labute approximate surface area is 130 Å². The van der Waals surface area contributed by atoms with Crippen LogP contribution >= 0.6 is 0 Å². The molecule has 0 fully saturated rings. The molecule has 0 unspecified atom stereocenters. The quantitative estimate of drug-likeness (QED) is 0.450. The number of carbonyl (C=O) groups is 1. The number of hydrogen-bond acceptors (Lipinski definition) is 3. The average molecular weight is 314 g/mol. The molecule has 95 valence electrons. The molecule has 1 N–H and O–H groups in total. The zero-order valence-corrected chi connectivity index (χ0v) is 14.3. The molecule has 0 aromatic heterocycles. The van der Waals surface area contributed by atoms with Gasteiger partial charge in [-0.15, -0.1) is 5.16 Å². The fourth-order valence-corrected chi connectivity index (χ4v) is 0.385. The van der Waals surface area contributed by atoms with Crippen molar-refractivity contribution < 1.29 is 42.7 Å². The average Bonchev–Trinajstić information content (AvgIpc) is 2.33. The predicted octanol–water partition coefficient (Wildman–Crippen LogP) is 3.77. The second-order valence-corrected chi connectivity index (χ2v) is 2.44. The van der Waals surface area contributed by atoms with E-state index in [2.05, 4.69) is 5.16 Å². The van der Waals surface area contributed by atoms with Gasteiger partial charge in [-0.05, 0) is 20.8 Å². The molecule has 17 heavy (non-hydrogen) atoms. The molecule has 1 aromatic carbocycles. The summed E-state index contributed by atoms with van der Waals surface area (Å²) in [5.74, 6) is 0.167. The van der Waals surface area contributed by atoms with Gasteiger partial charge in [0.25, 0.3) is 0 Å². The van der Waals surface area contributed by atoms with E-state index < -0.39 is 0 Å². The second kappa shape index (κ2) is 29.5. The van der Waals surface area contributed by atoms with Gasteiger partial charge in [0.2, 0.25) is 0 Å². The van der Waals surface area contributed by atoms with Crippen LogP contribution in [-0.2, 0) is 37.5 Å². The van der Waals surface area contributed by atoms with E-state index >= 15 is 0 Å². The van der Waals surface area contributed by atoms with Crippen molar-refractivity contribution in [3.63, 3.8) is 0 Å². The Balaban J connectivity index is -0.0000000698. The first kappa shape index (κ1) is 25.3. The molecular weight excluding hydrogens is 291 g/mol. The zero-order valence-electron chi connectivity index (χ0n) is 11.4. The van der Waals surface area contributed by atoms with Gasteiger partial charge >= 0.3 is 0 Å². The largest absolute Gasteiger partial charge is 0.411 e. The van der Waals surface area contributed by atoms with Crippen molar-refractivity contribution >= 4 is 12.0 Å². The second-order valence-electron chi connectivity index (χ2n) is 2.44. The van der Waals surface area contributed by atoms with Crippen molar-refractivity contribution in [2.24, 2.45) is 5.16 Å². The fraction of sp³-hybridized carbons (Fsp3) is 0.385. The van der Waals surface area contributed by atoms with Crippen LogP contribution in [0.5, 0.6) is 0 Å². The first-order chi connectivity index (χ1) is 7.65. The molecule has 4 heteroatoms. The van der Waals surface area contributed by atoms with Gasteiger partial charge in [-0.1, -0.05) is 50.2 Å². The number of rotatable bonds is 0. The summed E-state index contributed by atoms with van der Waals surface area (Å²) >= 11 is 0. The van der Waals surface area contributed by atoms with E-state index in [1.54, 1.807) is 6.92 Å². The van der Waals surface area contributed by atoms with Gasteiger partial charge in [0.05, 0.1) is 0 Å². The molecule has 0 aliphatic rings. The summed E-state index contributed by atoms with van der Waals surface area (Å²) in [6, 6.07) is 12.0. The SMILES string of the molecule is CC.CC(C)=O.CC=NO.[Y].c1ccccc1. The predicted molar refractivity (Wildman–Crippen MR) is 70.1 cm³/mol. The van der Waals surface area contributed by atoms with E-state index in [1.807, 2.05) is 50.2 Å². The van der Waals surface area contributed by atoms with Crippen LogP contribution in [0.2, 0.25) is 0 Å². The normalized spacial score (nSPS) is 6.88. The van der Waals surface area contributed by atoms with E-state index in [9.17, 15) is 4.79 Å². The van der Waals surface area contributed by atoms with Gasteiger partial charge in [0, 0.05) is 38.9 Å². The maximum atomic E-state index is 9.44. The maximum absolute atomic E-state index is 9.44. The molecule has 1 radical (unpaired) electrons. The molecule has 0 aliphatic heterocycles. The summed E-state index contributed by atoms with van der Waals surface area (Å²) in [6.45, 7) is 8.69. The van der Waals surface area contributed by atoms with E-state index in [1.165, 1.54) is 20.1 Å². The number of nitrogens with zero attached hydrogens (tertiary/aromatic N) is 1. The molecular formula is C13H23NO2Y. The van der Waals surface area contributed by atoms with Crippen molar-refractivity contribution in [3.8, 4) is 0 Å². The van der Waals surface area contributed by atoms with E-state index in [-0.39, 0.29) is 38.5 Å². The minimum absolute atomic E-state index is 0. The number of ketones is 1. The van der Waals surface area contributed by atoms with Crippen LogP contribution < -0.4 is 0 Å². The summed E-state index contributed by atoms with van der Waals surface area (Å²) < 4.78 is 0. The van der Waals surface area contributed by atoms with Gasteiger partial charge < -0.3 is 10.0 Å². The van der Waals surface area contributed by atoms with Crippen LogP contribution in [0.15, 0.2) is 41.6 Å². The molecule has 0 bridgehead atoms. The molecule has 0 atom stereocenters. The number of oxime groups is 1. The molecule has 1 rings (SSSR count). The topological polar surface area (TPSA) is 49.7 Å². The minimum atomic E-state index is 0. The van der Waals surface area contributed by atoms with Crippen molar-refractivity contribution in [3.05, 3.63) is 36.4 Å². The molecule has 0 spiro atoms. The Hall–Kier alpha value is -0.536. The van der Waals surface area contributed by atoms with Gasteiger partial charge in [-0.25, -0.2) is 0 Å². The maximum Gasteiger partial charge on any atom is 0.126 e. The Morgan fingerprint density at radius 2 is 1.12 bits per heavy atom. The van der Waals surface area contributed by atoms with Crippen LogP contribution in [-0.4, -0.2) is 17.2 Å². The van der Waals surface area contributed by atoms with Crippen molar-refractivity contribution in [2.45, 2.75) is 34.6 Å². The number of hydrogen-bond donors (Lipinski definition) is 1. The smallest absolute Gasteiger partial charge is 0.126 e. The molecule has 0 saturated heterocycles. The van der Waals surface area contributed by atoms with E-state index in [0.717, 1.165) is 0 Å². The van der Waals surface area contributed by atoms with Gasteiger partial charge in [-0.2, -0.15) is 0 Å². The van der Waals surface area contributed by atoms with Crippen molar-refractivity contribution in [1.82, 2.24) is 0 Å². The van der Waals surface area contributed by atoms with Crippen molar-refractivity contribution in [1.29, 1.82) is 0 Å². The Kier molecular flexibility index (Phi) is 44.0. The Bertz CT molecular complexity index is 204. The Morgan fingerprint density at radius 1 is 1.00 bits per heavy atom. The standard InChI is InChI=1S/C6H6.C3H6O.C2H5NO.C2H6.Y/c1-2-4-6-5-3-1;1-3(2)4;1-2-3-4;1-2;/h1-6H;1-2H3;2,4H,1H3;1-2H3;. The molecule has 0 saturated carbocycles. The summed E-state index contributed by atoms with van der Waals surface area (Å²) in [7, 11) is 0. The summed E-state index contributed by atoms with van der Waals surface area (Å²) in [6.07, 6.45) is 1.31. The number of carbonyl (C=O) groups excluding carboxylic acids is 1. The van der Waals surface area contributed by atoms with Gasteiger partial charge in [-0.3, -0.25) is 0 Å². The van der Waals surface area contributed by atoms with Crippen LogP contribution in [0.25, 0.3) is 0 Å². The van der Waals surface area contributed by atoms with Gasteiger partial charge in [0.15, 0.2) is 0 Å². The third kappa shape index (κ3) is 67.1. The van der Waals surface area contributed by atoms with Crippen LogP contribution in [0.3, 0.4) is 0 Å². The number of benzene rings is 1. The fourth-order valence-electron chi connectivity index (χ4n) is 0.385. The molecule has 1 aromatic rings. The van der Waals surface area contributed by atoms with Crippen LogP contribution in [0.1, 0.15) is 34.6 Å². The third-order valence-corrected chi connectivity index (χ3v) is 0.782. The van der Waals surface area contributed by atoms with Crippen LogP contribution in [0, 0.1) is 0 Å².